The molecule has 3 unspecified atom stereocenters. The highest BCUT2D eigenvalue weighted by Gasteiger charge is 2.49. The van der Waals surface area contributed by atoms with Crippen molar-refractivity contribution in [2.75, 3.05) is 6.54 Å². The fraction of sp³-hybridized carbons (Fsp3) is 0.412. The molecular formula is C17H17NO3S. The van der Waals surface area contributed by atoms with Gasteiger partial charge in [-0.15, -0.1) is 11.3 Å². The zero-order valence-electron chi connectivity index (χ0n) is 12.1. The molecule has 2 aliphatic rings. The van der Waals surface area contributed by atoms with Crippen LogP contribution < -0.4 is 0 Å². The summed E-state index contributed by atoms with van der Waals surface area (Å²) in [6.45, 7) is 0.592. The average molecular weight is 315 g/mol. The molecule has 0 spiro atoms. The van der Waals surface area contributed by atoms with E-state index in [0.29, 0.717) is 17.3 Å². The van der Waals surface area contributed by atoms with Crippen LogP contribution in [-0.4, -0.2) is 34.5 Å². The topological polar surface area (TPSA) is 57.6 Å². The second-order valence-electron chi connectivity index (χ2n) is 6.24. The Balaban J connectivity index is 1.68. The van der Waals surface area contributed by atoms with E-state index in [-0.39, 0.29) is 11.8 Å². The van der Waals surface area contributed by atoms with Gasteiger partial charge in [0.15, 0.2) is 0 Å². The van der Waals surface area contributed by atoms with Crippen molar-refractivity contribution in [3.63, 3.8) is 0 Å². The summed E-state index contributed by atoms with van der Waals surface area (Å²) in [7, 11) is 0. The summed E-state index contributed by atoms with van der Waals surface area (Å²) in [4.78, 5) is 26.8. The second-order valence-corrected chi connectivity index (χ2v) is 7.33. The molecule has 4 nitrogen and oxygen atoms in total. The number of amides is 1. The molecule has 1 saturated heterocycles. The monoisotopic (exact) mass is 315 g/mol. The number of thiophene rings is 1. The molecule has 22 heavy (non-hydrogen) atoms. The van der Waals surface area contributed by atoms with E-state index in [0.717, 1.165) is 29.3 Å². The van der Waals surface area contributed by atoms with Crippen molar-refractivity contribution in [3.8, 4) is 0 Å². The normalized spacial score (nSPS) is 27.3. The van der Waals surface area contributed by atoms with Crippen LogP contribution in [0.4, 0.5) is 0 Å². The van der Waals surface area contributed by atoms with Crippen LogP contribution in [0.3, 0.4) is 0 Å². The molecule has 2 aromatic rings. The number of benzene rings is 1. The highest BCUT2D eigenvalue weighted by atomic mass is 32.1. The minimum absolute atomic E-state index is 0.122. The Labute approximate surface area is 132 Å². The zero-order valence-corrected chi connectivity index (χ0v) is 12.9. The van der Waals surface area contributed by atoms with E-state index in [1.54, 1.807) is 4.90 Å². The lowest BCUT2D eigenvalue weighted by Gasteiger charge is -2.23. The summed E-state index contributed by atoms with van der Waals surface area (Å²) < 4.78 is 1.07. The quantitative estimate of drug-likeness (QED) is 0.925. The van der Waals surface area contributed by atoms with E-state index >= 15 is 0 Å². The van der Waals surface area contributed by atoms with E-state index in [4.69, 9.17) is 0 Å². The lowest BCUT2D eigenvalue weighted by atomic mass is 9.94. The Hall–Kier alpha value is -1.88. The minimum atomic E-state index is -0.858. The number of aliphatic carboxylic acids is 1. The Bertz CT molecular complexity index is 720. The smallest absolute Gasteiger partial charge is 0.326 e. The van der Waals surface area contributed by atoms with Crippen LogP contribution in [0, 0.1) is 11.8 Å². The Kier molecular flexibility index (Phi) is 3.18. The maximum absolute atomic E-state index is 12.8. The van der Waals surface area contributed by atoms with Crippen molar-refractivity contribution in [1.29, 1.82) is 0 Å². The van der Waals surface area contributed by atoms with Gasteiger partial charge in [0.2, 0.25) is 0 Å². The van der Waals surface area contributed by atoms with Gasteiger partial charge < -0.3 is 10.0 Å². The van der Waals surface area contributed by atoms with Crippen molar-refractivity contribution >= 4 is 33.3 Å². The predicted octanol–water partition coefficient (Wildman–Crippen LogP) is 3.23. The third kappa shape index (κ3) is 2.03. The molecule has 1 amide bonds. The standard InChI is InChI=1S/C17H17NO3S/c19-16(14-8-10-4-1-2-7-13(10)22-14)18-9-11-5-3-6-12(11)15(18)17(20)21/h1-2,4,7-8,11-12,15H,3,5-6,9H2,(H,20,21). The second kappa shape index (κ2) is 5.09. The SMILES string of the molecule is O=C(O)C1C2CCCC2CN1C(=O)c1cc2ccccc2s1. The van der Waals surface area contributed by atoms with Gasteiger partial charge in [-0.3, -0.25) is 4.79 Å². The van der Waals surface area contributed by atoms with Crippen LogP contribution in [0.25, 0.3) is 10.1 Å². The highest BCUT2D eigenvalue weighted by molar-refractivity contribution is 7.20. The number of carboxylic acids is 1. The Morgan fingerprint density at radius 1 is 1.23 bits per heavy atom. The molecule has 1 aliphatic heterocycles. The lowest BCUT2D eigenvalue weighted by Crippen LogP contribution is -2.43. The predicted molar refractivity (Wildman–Crippen MR) is 85.1 cm³/mol. The van der Waals surface area contributed by atoms with Crippen LogP contribution in [-0.2, 0) is 4.79 Å². The van der Waals surface area contributed by atoms with E-state index in [1.165, 1.54) is 11.3 Å². The first-order chi connectivity index (χ1) is 10.6. The number of likely N-dealkylation sites (tertiary alicyclic amines) is 1. The molecule has 0 radical (unpaired) electrons. The summed E-state index contributed by atoms with van der Waals surface area (Å²) in [6, 6.07) is 9.11. The Morgan fingerprint density at radius 3 is 2.82 bits per heavy atom. The number of carbonyl (C=O) groups excluding carboxylic acids is 1. The Morgan fingerprint density at radius 2 is 2.05 bits per heavy atom. The van der Waals surface area contributed by atoms with E-state index < -0.39 is 12.0 Å². The average Bonchev–Trinajstić information content (AvgIpc) is 3.18. The lowest BCUT2D eigenvalue weighted by molar-refractivity contribution is -0.142. The van der Waals surface area contributed by atoms with Crippen LogP contribution in [0.1, 0.15) is 28.9 Å². The molecule has 1 aliphatic carbocycles. The van der Waals surface area contributed by atoms with Crippen molar-refractivity contribution in [2.24, 2.45) is 11.8 Å². The summed E-state index contributed by atoms with van der Waals surface area (Å²) >= 11 is 1.45. The number of nitrogens with zero attached hydrogens (tertiary/aromatic N) is 1. The van der Waals surface area contributed by atoms with Gasteiger partial charge >= 0.3 is 5.97 Å². The third-order valence-electron chi connectivity index (χ3n) is 5.04. The maximum Gasteiger partial charge on any atom is 0.326 e. The first-order valence-corrected chi connectivity index (χ1v) is 8.49. The van der Waals surface area contributed by atoms with Gasteiger partial charge in [-0.05, 0) is 42.2 Å². The maximum atomic E-state index is 12.8. The highest BCUT2D eigenvalue weighted by Crippen LogP contribution is 2.43. The van der Waals surface area contributed by atoms with Gasteiger partial charge in [-0.25, -0.2) is 4.79 Å². The molecule has 1 aromatic carbocycles. The number of carbonyl (C=O) groups is 2. The molecule has 114 valence electrons. The van der Waals surface area contributed by atoms with Gasteiger partial charge in [0.05, 0.1) is 4.88 Å². The first kappa shape index (κ1) is 13.8. The van der Waals surface area contributed by atoms with Crippen molar-refractivity contribution in [3.05, 3.63) is 35.2 Å². The number of fused-ring (bicyclic) bond motifs is 2. The summed E-state index contributed by atoms with van der Waals surface area (Å²) in [5, 5.41) is 10.6. The van der Waals surface area contributed by atoms with Crippen LogP contribution in [0.15, 0.2) is 30.3 Å². The van der Waals surface area contributed by atoms with Gasteiger partial charge in [0, 0.05) is 11.2 Å². The molecule has 5 heteroatoms. The number of hydrogen-bond acceptors (Lipinski definition) is 3. The number of hydrogen-bond donors (Lipinski definition) is 1. The summed E-state index contributed by atoms with van der Waals surface area (Å²) in [5.74, 6) is -0.484. The van der Waals surface area contributed by atoms with Gasteiger partial charge in [-0.1, -0.05) is 24.6 Å². The van der Waals surface area contributed by atoms with Gasteiger partial charge in [0.25, 0.3) is 5.91 Å². The zero-order chi connectivity index (χ0) is 15.3. The largest absolute Gasteiger partial charge is 0.480 e. The fourth-order valence-electron chi connectivity index (χ4n) is 4.06. The number of carboxylic acid groups (broad SMARTS) is 1. The van der Waals surface area contributed by atoms with E-state index in [1.807, 2.05) is 30.3 Å². The number of rotatable bonds is 2. The minimum Gasteiger partial charge on any atom is -0.480 e. The third-order valence-corrected chi connectivity index (χ3v) is 6.14. The molecule has 2 heterocycles. The molecule has 1 N–H and O–H groups in total. The van der Waals surface area contributed by atoms with Crippen molar-refractivity contribution < 1.29 is 14.7 Å². The summed E-state index contributed by atoms with van der Waals surface area (Å²) in [5.41, 5.74) is 0. The van der Waals surface area contributed by atoms with Gasteiger partial charge in [0.1, 0.15) is 6.04 Å². The van der Waals surface area contributed by atoms with Crippen molar-refractivity contribution in [2.45, 2.75) is 25.3 Å². The fourth-order valence-corrected chi connectivity index (χ4v) is 5.08. The van der Waals surface area contributed by atoms with Crippen molar-refractivity contribution in [1.82, 2.24) is 4.90 Å². The molecule has 2 fully saturated rings. The van der Waals surface area contributed by atoms with Gasteiger partial charge in [-0.2, -0.15) is 0 Å². The molecular weight excluding hydrogens is 298 g/mol. The van der Waals surface area contributed by atoms with Crippen LogP contribution >= 0.6 is 11.3 Å². The molecule has 1 aromatic heterocycles. The van der Waals surface area contributed by atoms with E-state index in [2.05, 4.69) is 0 Å². The molecule has 4 rings (SSSR count). The van der Waals surface area contributed by atoms with E-state index in [9.17, 15) is 14.7 Å². The molecule has 1 saturated carbocycles. The molecule has 0 bridgehead atoms. The van der Waals surface area contributed by atoms with Crippen LogP contribution in [0.5, 0.6) is 0 Å². The van der Waals surface area contributed by atoms with Crippen LogP contribution in [0.2, 0.25) is 0 Å². The summed E-state index contributed by atoms with van der Waals surface area (Å²) in [6.07, 6.45) is 3.06. The first-order valence-electron chi connectivity index (χ1n) is 7.67. The molecule has 3 atom stereocenters.